The van der Waals surface area contributed by atoms with Crippen molar-refractivity contribution in [1.29, 1.82) is 0 Å². The van der Waals surface area contributed by atoms with E-state index in [1.807, 2.05) is 18.2 Å². The molecule has 0 aliphatic heterocycles. The van der Waals surface area contributed by atoms with Crippen LogP contribution in [0.5, 0.6) is 0 Å². The number of carbonyl (C=O) groups excluding carboxylic acids is 1. The molecule has 0 radical (unpaired) electrons. The SMILES string of the molecule is O=C(CNc1cccc(Cl)c1)NCCc1ccc(Cl)cc1Cl. The van der Waals surface area contributed by atoms with E-state index in [0.29, 0.717) is 28.0 Å². The van der Waals surface area contributed by atoms with Crippen LogP contribution in [0.4, 0.5) is 5.69 Å². The van der Waals surface area contributed by atoms with E-state index in [2.05, 4.69) is 10.6 Å². The summed E-state index contributed by atoms with van der Waals surface area (Å²) in [5, 5.41) is 7.68. The molecule has 0 atom stereocenters. The summed E-state index contributed by atoms with van der Waals surface area (Å²) in [5.74, 6) is -0.0925. The van der Waals surface area contributed by atoms with Crippen LogP contribution < -0.4 is 10.6 Å². The van der Waals surface area contributed by atoms with Crippen LogP contribution in [0.3, 0.4) is 0 Å². The van der Waals surface area contributed by atoms with Crippen LogP contribution in [0.2, 0.25) is 15.1 Å². The summed E-state index contributed by atoms with van der Waals surface area (Å²) in [5.41, 5.74) is 1.76. The van der Waals surface area contributed by atoms with Gasteiger partial charge in [-0.2, -0.15) is 0 Å². The molecule has 0 heterocycles. The molecular formula is C16H15Cl3N2O. The van der Waals surface area contributed by atoms with Gasteiger partial charge in [-0.1, -0.05) is 46.9 Å². The maximum atomic E-state index is 11.8. The highest BCUT2D eigenvalue weighted by Gasteiger charge is 2.04. The summed E-state index contributed by atoms with van der Waals surface area (Å²) in [6.45, 7) is 0.700. The predicted molar refractivity (Wildman–Crippen MR) is 93.1 cm³/mol. The maximum Gasteiger partial charge on any atom is 0.239 e. The number of hydrogen-bond acceptors (Lipinski definition) is 2. The summed E-state index contributed by atoms with van der Waals surface area (Å²) in [4.78, 5) is 11.8. The Balaban J connectivity index is 1.74. The van der Waals surface area contributed by atoms with Gasteiger partial charge in [-0.15, -0.1) is 0 Å². The highest BCUT2D eigenvalue weighted by molar-refractivity contribution is 6.35. The zero-order valence-corrected chi connectivity index (χ0v) is 14.0. The van der Waals surface area contributed by atoms with Gasteiger partial charge in [0.05, 0.1) is 6.54 Å². The fraction of sp³-hybridized carbons (Fsp3) is 0.188. The van der Waals surface area contributed by atoms with E-state index in [1.54, 1.807) is 24.3 Å². The van der Waals surface area contributed by atoms with Gasteiger partial charge in [-0.05, 0) is 42.3 Å². The Morgan fingerprint density at radius 1 is 1.00 bits per heavy atom. The second-order valence-corrected chi connectivity index (χ2v) is 5.98. The van der Waals surface area contributed by atoms with Crippen molar-refractivity contribution in [3.8, 4) is 0 Å². The summed E-state index contributed by atoms with van der Waals surface area (Å²) >= 11 is 17.8. The minimum absolute atomic E-state index is 0.0925. The number of amides is 1. The standard InChI is InChI=1S/C16H15Cl3N2O/c17-12-2-1-3-14(8-12)21-10-16(22)20-7-6-11-4-5-13(18)9-15(11)19/h1-5,8-9,21H,6-7,10H2,(H,20,22). The average molecular weight is 358 g/mol. The van der Waals surface area contributed by atoms with Crippen LogP contribution in [-0.4, -0.2) is 19.0 Å². The molecule has 2 aromatic carbocycles. The van der Waals surface area contributed by atoms with Crippen molar-refractivity contribution in [3.05, 3.63) is 63.1 Å². The second-order valence-electron chi connectivity index (χ2n) is 4.70. The Kier molecular flexibility index (Phi) is 6.37. The molecule has 0 saturated heterocycles. The quantitative estimate of drug-likeness (QED) is 0.803. The van der Waals surface area contributed by atoms with Gasteiger partial charge in [-0.3, -0.25) is 4.79 Å². The Morgan fingerprint density at radius 2 is 1.77 bits per heavy atom. The zero-order chi connectivity index (χ0) is 15.9. The number of hydrogen-bond donors (Lipinski definition) is 2. The van der Waals surface area contributed by atoms with Gasteiger partial charge in [-0.25, -0.2) is 0 Å². The van der Waals surface area contributed by atoms with Gasteiger partial charge in [0.2, 0.25) is 5.91 Å². The van der Waals surface area contributed by atoms with Crippen LogP contribution in [-0.2, 0) is 11.2 Å². The molecule has 0 aliphatic rings. The lowest BCUT2D eigenvalue weighted by Gasteiger charge is -2.09. The van der Waals surface area contributed by atoms with Crippen LogP contribution >= 0.6 is 34.8 Å². The first-order valence-electron chi connectivity index (χ1n) is 6.74. The third-order valence-electron chi connectivity index (χ3n) is 3.01. The largest absolute Gasteiger partial charge is 0.376 e. The monoisotopic (exact) mass is 356 g/mol. The van der Waals surface area contributed by atoms with Crippen molar-refractivity contribution in [2.75, 3.05) is 18.4 Å². The smallest absolute Gasteiger partial charge is 0.239 e. The molecule has 0 spiro atoms. The highest BCUT2D eigenvalue weighted by atomic mass is 35.5. The Labute approximate surface area is 144 Å². The summed E-state index contributed by atoms with van der Waals surface area (Å²) in [7, 11) is 0. The molecule has 3 nitrogen and oxygen atoms in total. The lowest BCUT2D eigenvalue weighted by molar-refractivity contribution is -0.119. The van der Waals surface area contributed by atoms with Crippen molar-refractivity contribution in [1.82, 2.24) is 5.32 Å². The first kappa shape index (κ1) is 16.9. The second kappa shape index (κ2) is 8.28. The number of carbonyl (C=O) groups is 1. The number of anilines is 1. The summed E-state index contributed by atoms with van der Waals surface area (Å²) in [6.07, 6.45) is 0.652. The molecule has 2 N–H and O–H groups in total. The maximum absolute atomic E-state index is 11.8. The molecule has 0 fully saturated rings. The van der Waals surface area contributed by atoms with Crippen LogP contribution in [0.15, 0.2) is 42.5 Å². The molecule has 0 aliphatic carbocycles. The number of benzene rings is 2. The molecule has 0 bridgehead atoms. The first-order valence-corrected chi connectivity index (χ1v) is 7.88. The molecule has 0 saturated carbocycles. The van der Waals surface area contributed by atoms with Crippen molar-refractivity contribution < 1.29 is 4.79 Å². The number of halogens is 3. The number of rotatable bonds is 6. The number of nitrogens with one attached hydrogen (secondary N) is 2. The van der Waals surface area contributed by atoms with Gasteiger partial charge >= 0.3 is 0 Å². The third-order valence-corrected chi connectivity index (χ3v) is 3.83. The molecule has 0 unspecified atom stereocenters. The van der Waals surface area contributed by atoms with Gasteiger partial charge in [0.25, 0.3) is 0 Å². The van der Waals surface area contributed by atoms with E-state index in [9.17, 15) is 4.79 Å². The Hall–Kier alpha value is -1.42. The minimum atomic E-state index is -0.0925. The first-order chi connectivity index (χ1) is 10.5. The van der Waals surface area contributed by atoms with E-state index < -0.39 is 0 Å². The van der Waals surface area contributed by atoms with Crippen LogP contribution in [0, 0.1) is 0 Å². The molecule has 22 heavy (non-hydrogen) atoms. The summed E-state index contributed by atoms with van der Waals surface area (Å²) < 4.78 is 0. The van der Waals surface area contributed by atoms with E-state index >= 15 is 0 Å². The fourth-order valence-electron chi connectivity index (χ4n) is 1.90. The van der Waals surface area contributed by atoms with Crippen molar-refractivity contribution >= 4 is 46.4 Å². The van der Waals surface area contributed by atoms with Crippen molar-refractivity contribution in [3.63, 3.8) is 0 Å². The van der Waals surface area contributed by atoms with E-state index in [4.69, 9.17) is 34.8 Å². The highest BCUT2D eigenvalue weighted by Crippen LogP contribution is 2.21. The van der Waals surface area contributed by atoms with Gasteiger partial charge in [0.1, 0.15) is 0 Å². The molecule has 0 aromatic heterocycles. The molecule has 1 amide bonds. The van der Waals surface area contributed by atoms with E-state index in [-0.39, 0.29) is 12.5 Å². The van der Waals surface area contributed by atoms with Gasteiger partial charge < -0.3 is 10.6 Å². The van der Waals surface area contributed by atoms with Crippen molar-refractivity contribution in [2.45, 2.75) is 6.42 Å². The topological polar surface area (TPSA) is 41.1 Å². The lowest BCUT2D eigenvalue weighted by Crippen LogP contribution is -2.31. The fourth-order valence-corrected chi connectivity index (χ4v) is 2.60. The van der Waals surface area contributed by atoms with Crippen LogP contribution in [0.1, 0.15) is 5.56 Å². The van der Waals surface area contributed by atoms with Gasteiger partial charge in [0.15, 0.2) is 0 Å². The van der Waals surface area contributed by atoms with Crippen LogP contribution in [0.25, 0.3) is 0 Å². The lowest BCUT2D eigenvalue weighted by atomic mass is 10.1. The van der Waals surface area contributed by atoms with E-state index in [0.717, 1.165) is 11.3 Å². The van der Waals surface area contributed by atoms with Crippen molar-refractivity contribution in [2.24, 2.45) is 0 Å². The molecule has 6 heteroatoms. The minimum Gasteiger partial charge on any atom is -0.376 e. The average Bonchev–Trinajstić information content (AvgIpc) is 2.47. The van der Waals surface area contributed by atoms with E-state index in [1.165, 1.54) is 0 Å². The molecular weight excluding hydrogens is 343 g/mol. The zero-order valence-electron chi connectivity index (χ0n) is 11.7. The third kappa shape index (κ3) is 5.41. The predicted octanol–water partition coefficient (Wildman–Crippen LogP) is 4.42. The summed E-state index contributed by atoms with van der Waals surface area (Å²) in [6, 6.07) is 12.6. The van der Waals surface area contributed by atoms with Gasteiger partial charge in [0, 0.05) is 27.3 Å². The molecule has 2 rings (SSSR count). The molecule has 116 valence electrons. The normalized spacial score (nSPS) is 10.3. The molecule has 2 aromatic rings. The Bertz CT molecular complexity index is 662. The Morgan fingerprint density at radius 3 is 2.50 bits per heavy atom.